The van der Waals surface area contributed by atoms with E-state index in [-0.39, 0.29) is 0 Å². The molecular formula is C4HN2O2. The molecule has 0 aliphatic carbocycles. The molecule has 0 N–H and O–H groups in total. The van der Waals surface area contributed by atoms with Crippen molar-refractivity contribution in [3.8, 4) is 0 Å². The van der Waals surface area contributed by atoms with Crippen LogP contribution in [0.1, 0.15) is 0 Å². The van der Waals surface area contributed by atoms with E-state index in [1.165, 1.54) is 0 Å². The molecule has 0 aromatic heterocycles. The maximum absolute atomic E-state index is 10.2. The third-order valence-electron chi connectivity index (χ3n) is 0.602. The Kier molecular flexibility index (Phi) is 0.997. The van der Waals surface area contributed by atoms with Crippen molar-refractivity contribution in [3.63, 3.8) is 0 Å². The molecule has 0 aromatic rings. The second-order valence-corrected chi connectivity index (χ2v) is 1.14. The van der Waals surface area contributed by atoms with E-state index in [1.807, 2.05) is 6.34 Å². The van der Waals surface area contributed by atoms with E-state index in [4.69, 9.17) is 0 Å². The highest BCUT2D eigenvalue weighted by Crippen LogP contribution is 1.80. The lowest BCUT2D eigenvalue weighted by Crippen LogP contribution is -2.15. The van der Waals surface area contributed by atoms with Crippen LogP contribution in [0.5, 0.6) is 0 Å². The molecule has 0 spiro atoms. The minimum Gasteiger partial charge on any atom is -0.282 e. The molecule has 1 amide bonds. The average molecular weight is 109 g/mol. The molecule has 1 heterocycles. The van der Waals surface area contributed by atoms with Crippen LogP contribution in [-0.4, -0.2) is 24.2 Å². The van der Waals surface area contributed by atoms with E-state index >= 15 is 0 Å². The van der Waals surface area contributed by atoms with E-state index in [1.54, 1.807) is 0 Å². The summed E-state index contributed by atoms with van der Waals surface area (Å²) in [5, 5.41) is 0. The monoisotopic (exact) mass is 109 g/mol. The molecule has 0 bridgehead atoms. The number of hydrogen-bond donors (Lipinski definition) is 0. The van der Waals surface area contributed by atoms with E-state index < -0.39 is 11.7 Å². The van der Waals surface area contributed by atoms with Gasteiger partial charge < -0.3 is 0 Å². The van der Waals surface area contributed by atoms with Gasteiger partial charge in [0.15, 0.2) is 0 Å². The summed E-state index contributed by atoms with van der Waals surface area (Å²) in [5.41, 5.74) is 0. The predicted octanol–water partition coefficient (Wildman–Crippen LogP) is -0.928. The normalized spacial score (nSPS) is 17.5. The topological polar surface area (TPSA) is 58.9 Å². The Bertz CT molecular complexity index is 170. The van der Waals surface area contributed by atoms with Crippen LogP contribution in [0.2, 0.25) is 0 Å². The second-order valence-electron chi connectivity index (χ2n) is 1.14. The quantitative estimate of drug-likeness (QED) is 0.377. The summed E-state index contributed by atoms with van der Waals surface area (Å²) in [7, 11) is 0. The fourth-order valence-corrected chi connectivity index (χ4v) is 0.272. The Morgan fingerprint density at radius 1 is 1.50 bits per heavy atom. The first-order chi connectivity index (χ1) is 3.80. The van der Waals surface area contributed by atoms with Gasteiger partial charge in [-0.25, -0.2) is 4.99 Å². The number of nitrogens with zero attached hydrogens (tertiary/aromatic N) is 2. The Labute approximate surface area is 44.9 Å². The molecule has 0 saturated carbocycles. The van der Waals surface area contributed by atoms with Crippen LogP contribution in [0.3, 0.4) is 0 Å². The van der Waals surface area contributed by atoms with Crippen LogP contribution in [0.4, 0.5) is 0 Å². The highest BCUT2D eigenvalue weighted by atomic mass is 16.2. The number of carbonyl (C=O) groups is 2. The SMILES string of the molecule is O=C1C=N[C]=NC1=O. The summed E-state index contributed by atoms with van der Waals surface area (Å²) in [6.07, 6.45) is 2.87. The van der Waals surface area contributed by atoms with Gasteiger partial charge in [-0.3, -0.25) is 9.59 Å². The van der Waals surface area contributed by atoms with E-state index in [2.05, 4.69) is 9.98 Å². The predicted molar refractivity (Wildman–Crippen MR) is 25.9 cm³/mol. The third-order valence-corrected chi connectivity index (χ3v) is 0.602. The zero-order chi connectivity index (χ0) is 5.98. The maximum atomic E-state index is 10.2. The molecule has 4 nitrogen and oxygen atoms in total. The molecule has 0 aromatic carbocycles. The van der Waals surface area contributed by atoms with Gasteiger partial charge in [-0.15, -0.1) is 0 Å². The Morgan fingerprint density at radius 2 is 2.25 bits per heavy atom. The van der Waals surface area contributed by atoms with Gasteiger partial charge in [-0.05, 0) is 0 Å². The summed E-state index contributed by atoms with van der Waals surface area (Å²) >= 11 is 0. The fraction of sp³-hybridized carbons (Fsp3) is 0. The minimum absolute atomic E-state index is 0.691. The molecule has 0 fully saturated rings. The van der Waals surface area contributed by atoms with Crippen molar-refractivity contribution in [2.24, 2.45) is 9.98 Å². The van der Waals surface area contributed by atoms with Gasteiger partial charge >= 0.3 is 5.91 Å². The molecule has 1 rings (SSSR count). The van der Waals surface area contributed by atoms with E-state index in [0.29, 0.717) is 0 Å². The number of amides is 1. The molecule has 1 radical (unpaired) electrons. The van der Waals surface area contributed by atoms with Crippen LogP contribution in [-0.2, 0) is 9.59 Å². The van der Waals surface area contributed by atoms with Crippen molar-refractivity contribution in [2.75, 3.05) is 0 Å². The van der Waals surface area contributed by atoms with Gasteiger partial charge in [-0.2, -0.15) is 4.99 Å². The first-order valence-corrected chi connectivity index (χ1v) is 1.88. The average Bonchev–Trinajstić information content (AvgIpc) is 1.77. The molecule has 0 saturated heterocycles. The lowest BCUT2D eigenvalue weighted by molar-refractivity contribution is -0.131. The Balaban J connectivity index is 2.89. The lowest BCUT2D eigenvalue weighted by Gasteiger charge is -1.86. The molecule has 0 atom stereocenters. The van der Waals surface area contributed by atoms with Gasteiger partial charge in [0.05, 0.1) is 6.21 Å². The van der Waals surface area contributed by atoms with Gasteiger partial charge in [0.25, 0.3) is 5.78 Å². The smallest absolute Gasteiger partial charge is 0.282 e. The number of carbonyl (C=O) groups excluding carboxylic acids is 2. The molecule has 1 aliphatic heterocycles. The molecule has 1 aliphatic rings. The third kappa shape index (κ3) is 0.676. The van der Waals surface area contributed by atoms with Crippen LogP contribution < -0.4 is 0 Å². The highest BCUT2D eigenvalue weighted by Gasteiger charge is 2.10. The lowest BCUT2D eigenvalue weighted by atomic mass is 10.4. The summed E-state index contributed by atoms with van der Waals surface area (Å²) < 4.78 is 0. The molecule has 39 valence electrons. The van der Waals surface area contributed by atoms with Crippen molar-refractivity contribution < 1.29 is 9.59 Å². The van der Waals surface area contributed by atoms with Crippen LogP contribution in [0.15, 0.2) is 9.98 Å². The van der Waals surface area contributed by atoms with Gasteiger partial charge in [0, 0.05) is 0 Å². The highest BCUT2D eigenvalue weighted by molar-refractivity contribution is 6.60. The van der Waals surface area contributed by atoms with Crippen molar-refractivity contribution in [1.29, 1.82) is 0 Å². The largest absolute Gasteiger partial charge is 0.321 e. The number of rotatable bonds is 0. The first-order valence-electron chi connectivity index (χ1n) is 1.88. The van der Waals surface area contributed by atoms with Gasteiger partial charge in [0.2, 0.25) is 6.34 Å². The zero-order valence-corrected chi connectivity index (χ0v) is 3.79. The van der Waals surface area contributed by atoms with Gasteiger partial charge in [0.1, 0.15) is 0 Å². The first kappa shape index (κ1) is 4.83. The van der Waals surface area contributed by atoms with Crippen molar-refractivity contribution in [3.05, 3.63) is 0 Å². The zero-order valence-electron chi connectivity index (χ0n) is 3.79. The number of hydrogen-bond acceptors (Lipinski definition) is 3. The van der Waals surface area contributed by atoms with Gasteiger partial charge in [-0.1, -0.05) is 0 Å². The second kappa shape index (κ2) is 1.65. The van der Waals surface area contributed by atoms with Crippen LogP contribution in [0.25, 0.3) is 0 Å². The van der Waals surface area contributed by atoms with Crippen molar-refractivity contribution in [2.45, 2.75) is 0 Å². The standard InChI is InChI=1S/C4HN2O2/c7-3-1-5-2-6-4(3)8/h1H. The molecular weight excluding hydrogens is 108 g/mol. The summed E-state index contributed by atoms with van der Waals surface area (Å²) in [6.45, 7) is 0. The van der Waals surface area contributed by atoms with Crippen molar-refractivity contribution in [1.82, 2.24) is 0 Å². The molecule has 8 heavy (non-hydrogen) atoms. The fourth-order valence-electron chi connectivity index (χ4n) is 0.272. The summed E-state index contributed by atoms with van der Waals surface area (Å²) in [5.74, 6) is -1.50. The van der Waals surface area contributed by atoms with Crippen LogP contribution >= 0.6 is 0 Å². The van der Waals surface area contributed by atoms with E-state index in [0.717, 1.165) is 6.21 Å². The number of aliphatic imine (C=N–C) groups is 2. The molecule has 4 heteroatoms. The Hall–Kier alpha value is -1.32. The minimum atomic E-state index is -0.806. The summed E-state index contributed by atoms with van der Waals surface area (Å²) in [6, 6.07) is 0. The summed E-state index contributed by atoms with van der Waals surface area (Å²) in [4.78, 5) is 26.5. The Morgan fingerprint density at radius 3 is 2.62 bits per heavy atom. The maximum Gasteiger partial charge on any atom is 0.321 e. The number of Topliss-reactive ketones (excluding diaryl/α,β-unsaturated/α-hetero) is 1. The van der Waals surface area contributed by atoms with Crippen LogP contribution in [0, 0.1) is 0 Å². The molecule has 0 unspecified atom stereocenters. The van der Waals surface area contributed by atoms with E-state index in [9.17, 15) is 9.59 Å². The number of ketones is 1. The van der Waals surface area contributed by atoms with Crippen molar-refractivity contribution >= 4 is 24.2 Å².